The van der Waals surface area contributed by atoms with Crippen LogP contribution in [0.5, 0.6) is 11.5 Å². The molecule has 7 heteroatoms. The highest BCUT2D eigenvalue weighted by Crippen LogP contribution is 2.34. The van der Waals surface area contributed by atoms with E-state index in [4.69, 9.17) is 9.47 Å². The molecule has 1 aliphatic rings. The third-order valence-electron chi connectivity index (χ3n) is 3.59. The fraction of sp³-hybridized carbons (Fsp3) is 0.467. The van der Waals surface area contributed by atoms with Crippen LogP contribution in [0.15, 0.2) is 24.8 Å². The highest BCUT2D eigenvalue weighted by atomic mass is 35.5. The Labute approximate surface area is 143 Å². The minimum Gasteiger partial charge on any atom is -0.493 e. The lowest BCUT2D eigenvalue weighted by molar-refractivity contribution is 0.200. The Morgan fingerprint density at radius 3 is 2.23 bits per heavy atom. The molecule has 0 aliphatic carbocycles. The van der Waals surface area contributed by atoms with E-state index in [9.17, 15) is 4.39 Å². The Morgan fingerprint density at radius 1 is 1.18 bits per heavy atom. The van der Waals surface area contributed by atoms with Gasteiger partial charge in [-0.25, -0.2) is 4.39 Å². The van der Waals surface area contributed by atoms with E-state index < -0.39 is 0 Å². The lowest BCUT2D eigenvalue weighted by atomic mass is 10.0. The lowest BCUT2D eigenvalue weighted by Crippen LogP contribution is -2.44. The van der Waals surface area contributed by atoms with Crippen molar-refractivity contribution in [1.29, 1.82) is 0 Å². The molecule has 1 fully saturated rings. The first-order valence-corrected chi connectivity index (χ1v) is 6.70. The van der Waals surface area contributed by atoms with Crippen molar-refractivity contribution >= 4 is 24.8 Å². The molecule has 1 atom stereocenters. The van der Waals surface area contributed by atoms with Crippen molar-refractivity contribution in [2.75, 3.05) is 40.4 Å². The van der Waals surface area contributed by atoms with Gasteiger partial charge in [-0.15, -0.1) is 31.4 Å². The van der Waals surface area contributed by atoms with E-state index in [0.717, 1.165) is 26.2 Å². The van der Waals surface area contributed by atoms with Gasteiger partial charge < -0.3 is 14.8 Å². The number of ether oxygens (including phenoxy) is 2. The topological polar surface area (TPSA) is 33.7 Å². The van der Waals surface area contributed by atoms with Gasteiger partial charge in [-0.05, 0) is 6.07 Å². The van der Waals surface area contributed by atoms with Crippen molar-refractivity contribution in [2.24, 2.45) is 0 Å². The van der Waals surface area contributed by atoms with Crippen molar-refractivity contribution in [3.8, 4) is 11.5 Å². The third-order valence-corrected chi connectivity index (χ3v) is 3.59. The van der Waals surface area contributed by atoms with Gasteiger partial charge in [-0.1, -0.05) is 6.08 Å². The molecule has 1 heterocycles. The molecule has 1 aliphatic heterocycles. The van der Waals surface area contributed by atoms with Gasteiger partial charge in [0.25, 0.3) is 0 Å². The van der Waals surface area contributed by atoms with Crippen LogP contribution < -0.4 is 14.8 Å². The molecule has 2 rings (SSSR count). The fourth-order valence-corrected chi connectivity index (χ4v) is 2.53. The predicted octanol–water partition coefficient (Wildman–Crippen LogP) is 2.82. The summed E-state index contributed by atoms with van der Waals surface area (Å²) in [4.78, 5) is 2.20. The van der Waals surface area contributed by atoms with Gasteiger partial charge in [0.2, 0.25) is 0 Å². The first-order chi connectivity index (χ1) is 9.71. The van der Waals surface area contributed by atoms with Gasteiger partial charge in [-0.3, -0.25) is 4.90 Å². The number of hydrogen-bond donors (Lipinski definition) is 1. The molecule has 0 unspecified atom stereocenters. The fourth-order valence-electron chi connectivity index (χ4n) is 2.53. The van der Waals surface area contributed by atoms with Gasteiger partial charge in [0.1, 0.15) is 5.82 Å². The molecular formula is C15H23Cl2FN2O2. The Hall–Kier alpha value is -1.01. The van der Waals surface area contributed by atoms with Crippen LogP contribution in [-0.2, 0) is 0 Å². The van der Waals surface area contributed by atoms with Crippen LogP contribution in [0.3, 0.4) is 0 Å². The molecule has 1 aromatic carbocycles. The molecule has 1 aromatic rings. The number of nitrogens with one attached hydrogen (secondary N) is 1. The van der Waals surface area contributed by atoms with Crippen molar-refractivity contribution in [3.63, 3.8) is 0 Å². The molecule has 126 valence electrons. The molecular weight excluding hydrogens is 330 g/mol. The minimum absolute atomic E-state index is 0. The summed E-state index contributed by atoms with van der Waals surface area (Å²) in [6, 6.07) is 2.91. The average Bonchev–Trinajstić information content (AvgIpc) is 2.50. The molecule has 0 saturated carbocycles. The number of methoxy groups -OCH3 is 2. The normalized spacial score (nSPS) is 16.0. The molecule has 1 N–H and O–H groups in total. The summed E-state index contributed by atoms with van der Waals surface area (Å²) in [6.45, 7) is 7.39. The lowest BCUT2D eigenvalue weighted by Gasteiger charge is -2.33. The zero-order valence-electron chi connectivity index (χ0n) is 12.8. The van der Waals surface area contributed by atoms with Crippen LogP contribution in [0.2, 0.25) is 0 Å². The smallest absolute Gasteiger partial charge is 0.163 e. The van der Waals surface area contributed by atoms with E-state index >= 15 is 0 Å². The highest BCUT2D eigenvalue weighted by Gasteiger charge is 2.24. The summed E-state index contributed by atoms with van der Waals surface area (Å²) in [5, 5.41) is 3.29. The van der Waals surface area contributed by atoms with Gasteiger partial charge >= 0.3 is 0 Å². The summed E-state index contributed by atoms with van der Waals surface area (Å²) < 4.78 is 24.7. The van der Waals surface area contributed by atoms with Crippen molar-refractivity contribution in [3.05, 3.63) is 36.2 Å². The Kier molecular flexibility index (Phi) is 9.44. The second-order valence-electron chi connectivity index (χ2n) is 4.70. The first kappa shape index (κ1) is 21.0. The van der Waals surface area contributed by atoms with Crippen LogP contribution in [0.1, 0.15) is 11.6 Å². The number of hydrogen-bond acceptors (Lipinski definition) is 4. The summed E-state index contributed by atoms with van der Waals surface area (Å²) in [5.74, 6) is 0.633. The summed E-state index contributed by atoms with van der Waals surface area (Å²) in [6.07, 6.45) is 1.77. The van der Waals surface area contributed by atoms with Crippen molar-refractivity contribution in [2.45, 2.75) is 6.04 Å². The predicted molar refractivity (Wildman–Crippen MR) is 91.4 cm³/mol. The van der Waals surface area contributed by atoms with E-state index in [1.807, 2.05) is 0 Å². The van der Waals surface area contributed by atoms with E-state index in [1.54, 1.807) is 19.3 Å². The first-order valence-electron chi connectivity index (χ1n) is 6.70. The van der Waals surface area contributed by atoms with Gasteiger partial charge in [0.15, 0.2) is 11.5 Å². The van der Waals surface area contributed by atoms with Crippen LogP contribution in [0.4, 0.5) is 4.39 Å². The van der Waals surface area contributed by atoms with Gasteiger partial charge in [-0.2, -0.15) is 0 Å². The third kappa shape index (κ3) is 4.49. The van der Waals surface area contributed by atoms with Crippen molar-refractivity contribution < 1.29 is 13.9 Å². The molecule has 0 bridgehead atoms. The van der Waals surface area contributed by atoms with Crippen LogP contribution in [0.25, 0.3) is 0 Å². The molecule has 0 radical (unpaired) electrons. The zero-order valence-corrected chi connectivity index (χ0v) is 14.4. The Morgan fingerprint density at radius 2 is 1.73 bits per heavy atom. The number of rotatable bonds is 5. The molecule has 0 amide bonds. The monoisotopic (exact) mass is 352 g/mol. The Balaban J connectivity index is 0.00000220. The largest absolute Gasteiger partial charge is 0.493 e. The van der Waals surface area contributed by atoms with Gasteiger partial charge in [0.05, 0.1) is 20.3 Å². The molecule has 4 nitrogen and oxygen atoms in total. The molecule has 22 heavy (non-hydrogen) atoms. The molecule has 0 aromatic heterocycles. The standard InChI is InChI=1S/C15H21FN2O2.2ClH/c1-4-13(18-7-5-17-6-8-18)11-9-14(19-2)15(20-3)10-12(11)16;;/h4,9-10,13,17H,1,5-8H2,2-3H3;2*1H/t13-;;/m1../s1. The maximum Gasteiger partial charge on any atom is 0.163 e. The number of nitrogens with zero attached hydrogens (tertiary/aromatic N) is 1. The zero-order chi connectivity index (χ0) is 14.5. The maximum absolute atomic E-state index is 14.3. The average molecular weight is 353 g/mol. The summed E-state index contributed by atoms with van der Waals surface area (Å²) >= 11 is 0. The number of halogens is 3. The second kappa shape index (κ2) is 9.90. The van der Waals surface area contributed by atoms with E-state index in [0.29, 0.717) is 17.1 Å². The number of benzene rings is 1. The van der Waals surface area contributed by atoms with Gasteiger partial charge in [0, 0.05) is 37.8 Å². The number of piperazine rings is 1. The highest BCUT2D eigenvalue weighted by molar-refractivity contribution is 5.85. The molecule has 1 saturated heterocycles. The summed E-state index contributed by atoms with van der Waals surface area (Å²) in [7, 11) is 3.05. The SMILES string of the molecule is C=C[C@H](c1cc(OC)c(OC)cc1F)N1CCNCC1.Cl.Cl. The summed E-state index contributed by atoms with van der Waals surface area (Å²) in [5.41, 5.74) is 0.569. The van der Waals surface area contributed by atoms with Crippen molar-refractivity contribution in [1.82, 2.24) is 10.2 Å². The molecule has 0 spiro atoms. The second-order valence-corrected chi connectivity index (χ2v) is 4.70. The van der Waals surface area contributed by atoms with Crippen LogP contribution >= 0.6 is 24.8 Å². The Bertz CT molecular complexity index is 483. The van der Waals surface area contributed by atoms with E-state index in [1.165, 1.54) is 13.2 Å². The van der Waals surface area contributed by atoms with Crippen LogP contribution in [0, 0.1) is 5.82 Å². The maximum atomic E-state index is 14.3. The van der Waals surface area contributed by atoms with E-state index in [2.05, 4.69) is 16.8 Å². The minimum atomic E-state index is -0.300. The van der Waals surface area contributed by atoms with Crippen LogP contribution in [-0.4, -0.2) is 45.3 Å². The van der Waals surface area contributed by atoms with E-state index in [-0.39, 0.29) is 36.7 Å². The quantitative estimate of drug-likeness (QED) is 0.826.